The molecule has 1 aromatic heterocycles. The second-order valence-corrected chi connectivity index (χ2v) is 9.21. The van der Waals surface area contributed by atoms with Gasteiger partial charge in [-0.05, 0) is 23.8 Å². The lowest BCUT2D eigenvalue weighted by Gasteiger charge is -2.40. The van der Waals surface area contributed by atoms with E-state index < -0.39 is 27.9 Å². The highest BCUT2D eigenvalue weighted by atomic mass is 32.2. The van der Waals surface area contributed by atoms with E-state index in [0.29, 0.717) is 28.0 Å². The van der Waals surface area contributed by atoms with Crippen LogP contribution in [0.4, 0.5) is 8.78 Å². The molecule has 1 spiro atoms. The number of sulfonamides is 1. The number of Topliss-reactive ketones (excluding diaryl/α,β-unsaturated/α-hetero) is 1. The quantitative estimate of drug-likeness (QED) is 0.717. The predicted octanol–water partition coefficient (Wildman–Crippen LogP) is 1.27. The summed E-state index contributed by atoms with van der Waals surface area (Å²) in [5, 5.41) is 3.58. The zero-order valence-corrected chi connectivity index (χ0v) is 16.8. The summed E-state index contributed by atoms with van der Waals surface area (Å²) >= 11 is 0. The molecule has 12 heteroatoms. The molecule has 9 nitrogen and oxygen atoms in total. The molecule has 0 radical (unpaired) electrons. The second kappa shape index (κ2) is 7.04. The number of hydrogen-bond donors (Lipinski definition) is 1. The maximum atomic E-state index is 12.7. The van der Waals surface area contributed by atoms with Crippen LogP contribution in [0.1, 0.15) is 34.6 Å². The molecule has 2 aliphatic rings. The van der Waals surface area contributed by atoms with Gasteiger partial charge in [-0.15, -0.1) is 0 Å². The van der Waals surface area contributed by atoms with Gasteiger partial charge in [-0.25, -0.2) is 22.4 Å². The predicted molar refractivity (Wildman–Crippen MR) is 103 cm³/mol. The highest BCUT2D eigenvalue weighted by Gasteiger charge is 2.46. The summed E-state index contributed by atoms with van der Waals surface area (Å²) < 4.78 is 57.5. The summed E-state index contributed by atoms with van der Waals surface area (Å²) in [6, 6.07) is 6.20. The molecule has 3 heterocycles. The molecule has 160 valence electrons. The van der Waals surface area contributed by atoms with Crippen LogP contribution in [0.15, 0.2) is 35.5 Å². The Hall–Kier alpha value is -3.02. The number of fused-ring (bicyclic) bond motifs is 2. The fraction of sp³-hybridized carbons (Fsp3) is 0.389. The molecule has 0 aliphatic carbocycles. The van der Waals surface area contributed by atoms with Crippen molar-refractivity contribution in [2.24, 2.45) is 10.7 Å². The van der Waals surface area contributed by atoms with E-state index >= 15 is 0 Å². The Balaban J connectivity index is 1.68. The summed E-state index contributed by atoms with van der Waals surface area (Å²) in [6.07, 6.45) is 1.24. The molecule has 0 fully saturated rings. The zero-order chi connectivity index (χ0) is 21.7. The molecule has 30 heavy (non-hydrogen) atoms. The zero-order valence-electron chi connectivity index (χ0n) is 16.0. The third-order valence-electron chi connectivity index (χ3n) is 5.27. The Kier molecular flexibility index (Phi) is 4.76. The van der Waals surface area contributed by atoms with Crippen LogP contribution in [-0.4, -0.2) is 53.7 Å². The van der Waals surface area contributed by atoms with Crippen LogP contribution in [0.25, 0.3) is 0 Å². The van der Waals surface area contributed by atoms with Gasteiger partial charge in [-0.2, -0.15) is 13.9 Å². The SMILES string of the molecule is CN1C(N)=N[C@@]2(CCOc3ccc(CC(=O)c4ccn(C(F)F)n4)cc32)CS1(=O)=O. The third kappa shape index (κ3) is 3.40. The number of rotatable bonds is 4. The van der Waals surface area contributed by atoms with Crippen molar-refractivity contribution in [2.45, 2.75) is 24.9 Å². The monoisotopic (exact) mass is 439 g/mol. The number of nitrogens with two attached hydrogens (primary N) is 1. The number of ketones is 1. The highest BCUT2D eigenvalue weighted by Crippen LogP contribution is 2.43. The van der Waals surface area contributed by atoms with E-state index in [1.54, 1.807) is 18.2 Å². The Labute approximate surface area is 171 Å². The highest BCUT2D eigenvalue weighted by molar-refractivity contribution is 7.89. The number of halogens is 2. The average Bonchev–Trinajstić information content (AvgIpc) is 3.17. The minimum atomic E-state index is -3.67. The normalized spacial score (nSPS) is 22.5. The van der Waals surface area contributed by atoms with Gasteiger partial charge in [0.1, 0.15) is 17.0 Å². The number of ether oxygens (including phenoxy) is 1. The van der Waals surface area contributed by atoms with E-state index in [1.165, 1.54) is 13.1 Å². The van der Waals surface area contributed by atoms with E-state index in [-0.39, 0.29) is 30.4 Å². The molecular weight excluding hydrogens is 420 g/mol. The number of nitrogens with zero attached hydrogens (tertiary/aromatic N) is 4. The Morgan fingerprint density at radius 3 is 2.80 bits per heavy atom. The Bertz CT molecular complexity index is 1150. The number of hydrogen-bond acceptors (Lipinski definition) is 7. The van der Waals surface area contributed by atoms with Crippen molar-refractivity contribution in [1.82, 2.24) is 14.1 Å². The van der Waals surface area contributed by atoms with Gasteiger partial charge < -0.3 is 10.5 Å². The first-order valence-electron chi connectivity index (χ1n) is 9.06. The number of benzene rings is 1. The largest absolute Gasteiger partial charge is 0.493 e. The molecule has 0 unspecified atom stereocenters. The first kappa shape index (κ1) is 20.3. The first-order valence-corrected chi connectivity index (χ1v) is 10.7. The Morgan fingerprint density at radius 2 is 2.13 bits per heavy atom. The number of carbonyl (C=O) groups is 1. The van der Waals surface area contributed by atoms with Crippen molar-refractivity contribution < 1.29 is 26.7 Å². The fourth-order valence-corrected chi connectivity index (χ4v) is 5.13. The summed E-state index contributed by atoms with van der Waals surface area (Å²) in [4.78, 5) is 17.0. The van der Waals surface area contributed by atoms with Gasteiger partial charge in [0.05, 0.1) is 12.4 Å². The molecule has 0 bridgehead atoms. The topological polar surface area (TPSA) is 120 Å². The van der Waals surface area contributed by atoms with E-state index in [4.69, 9.17) is 10.5 Å². The van der Waals surface area contributed by atoms with Gasteiger partial charge in [0.25, 0.3) is 0 Å². The molecular formula is C18H19F2N5O4S. The standard InChI is InChI=1S/C18H19F2N5O4S/c1-24-17(21)22-18(10-30(24,27)28)5-7-29-15-3-2-11(8-12(15)18)9-14(26)13-4-6-25(23-13)16(19)20/h2-4,6,8,16H,5,7,9-10H2,1H3,(H2,21,22)/t18-/m0/s1. The molecule has 0 amide bonds. The lowest BCUT2D eigenvalue weighted by molar-refractivity contribution is 0.0560. The lowest BCUT2D eigenvalue weighted by atomic mass is 9.85. The molecule has 4 rings (SSSR count). The second-order valence-electron chi connectivity index (χ2n) is 7.21. The van der Waals surface area contributed by atoms with Crippen LogP contribution in [-0.2, 0) is 22.0 Å². The lowest BCUT2D eigenvalue weighted by Crippen LogP contribution is -2.52. The fourth-order valence-electron chi connectivity index (χ4n) is 3.64. The third-order valence-corrected chi connectivity index (χ3v) is 7.13. The maximum absolute atomic E-state index is 12.7. The minimum absolute atomic E-state index is 0.0804. The van der Waals surface area contributed by atoms with Gasteiger partial charge in [0.15, 0.2) is 5.78 Å². The summed E-state index contributed by atoms with van der Waals surface area (Å²) in [6.45, 7) is -2.56. The molecule has 2 aromatic rings. The molecule has 0 saturated heterocycles. The average molecular weight is 439 g/mol. The van der Waals surface area contributed by atoms with Crippen molar-refractivity contribution in [3.05, 3.63) is 47.3 Å². The van der Waals surface area contributed by atoms with Crippen LogP contribution in [0, 0.1) is 0 Å². The van der Waals surface area contributed by atoms with Gasteiger partial charge >= 0.3 is 6.55 Å². The first-order chi connectivity index (χ1) is 14.1. The number of alkyl halides is 2. The maximum Gasteiger partial charge on any atom is 0.333 e. The van der Waals surface area contributed by atoms with Crippen LogP contribution >= 0.6 is 0 Å². The molecule has 1 aromatic carbocycles. The van der Waals surface area contributed by atoms with E-state index in [9.17, 15) is 22.0 Å². The van der Waals surface area contributed by atoms with E-state index in [0.717, 1.165) is 10.5 Å². The van der Waals surface area contributed by atoms with E-state index in [2.05, 4.69) is 10.1 Å². The van der Waals surface area contributed by atoms with Crippen LogP contribution < -0.4 is 10.5 Å². The van der Waals surface area contributed by atoms with Crippen LogP contribution in [0.5, 0.6) is 5.75 Å². The smallest absolute Gasteiger partial charge is 0.333 e. The molecule has 1 atom stereocenters. The van der Waals surface area contributed by atoms with E-state index in [1.807, 2.05) is 0 Å². The number of guanidine groups is 1. The van der Waals surface area contributed by atoms with Crippen molar-refractivity contribution >= 4 is 21.8 Å². The Morgan fingerprint density at radius 1 is 1.37 bits per heavy atom. The summed E-state index contributed by atoms with van der Waals surface area (Å²) in [5.41, 5.74) is 5.76. The number of carbonyl (C=O) groups excluding carboxylic acids is 1. The number of aromatic nitrogens is 2. The summed E-state index contributed by atoms with van der Waals surface area (Å²) in [7, 11) is -2.33. The van der Waals surface area contributed by atoms with Crippen LogP contribution in [0.2, 0.25) is 0 Å². The van der Waals surface area contributed by atoms with Crippen molar-refractivity contribution in [1.29, 1.82) is 0 Å². The molecule has 2 aliphatic heterocycles. The molecule has 0 saturated carbocycles. The van der Waals surface area contributed by atoms with Gasteiger partial charge in [-0.3, -0.25) is 4.79 Å². The van der Waals surface area contributed by atoms with Crippen molar-refractivity contribution in [3.63, 3.8) is 0 Å². The van der Waals surface area contributed by atoms with Crippen molar-refractivity contribution in [3.8, 4) is 5.75 Å². The van der Waals surface area contributed by atoms with Crippen molar-refractivity contribution in [2.75, 3.05) is 19.4 Å². The number of aliphatic imine (C=N–C) groups is 1. The van der Waals surface area contributed by atoms with Gasteiger partial charge in [0, 0.05) is 31.6 Å². The van der Waals surface area contributed by atoms with Gasteiger partial charge in [-0.1, -0.05) is 6.07 Å². The molecule has 2 N–H and O–H groups in total. The minimum Gasteiger partial charge on any atom is -0.493 e. The van der Waals surface area contributed by atoms with Crippen LogP contribution in [0.3, 0.4) is 0 Å². The van der Waals surface area contributed by atoms with Gasteiger partial charge in [0.2, 0.25) is 16.0 Å². The summed E-state index contributed by atoms with van der Waals surface area (Å²) in [5.74, 6) is -0.369.